The van der Waals surface area contributed by atoms with E-state index in [0.29, 0.717) is 32.2 Å². The van der Waals surface area contributed by atoms with Gasteiger partial charge in [-0.05, 0) is 42.4 Å². The Balaban J connectivity index is 1.61. The lowest BCUT2D eigenvalue weighted by Gasteiger charge is -2.31. The lowest BCUT2D eigenvalue weighted by Crippen LogP contribution is -2.47. The second-order valence-corrected chi connectivity index (χ2v) is 11.4. The summed E-state index contributed by atoms with van der Waals surface area (Å²) in [5.74, 6) is -1.93. The van der Waals surface area contributed by atoms with Crippen LogP contribution in [0.15, 0.2) is 103 Å². The maximum atomic E-state index is 13.9. The van der Waals surface area contributed by atoms with Crippen LogP contribution < -0.4 is 5.32 Å². The number of rotatable bonds is 11. The van der Waals surface area contributed by atoms with Gasteiger partial charge in [0.2, 0.25) is 11.8 Å². The highest BCUT2D eigenvalue weighted by molar-refractivity contribution is 5.86. The molecular formula is C37H44N2O6. The SMILES string of the molecule is COCC1NC(=O)C(CC(=O)N(CCO)Cc2ccccc2)CC=CCCC(Cc2ccccc2)C(=O)OC1c1ccccc1. The quantitative estimate of drug-likeness (QED) is 0.233. The van der Waals surface area contributed by atoms with Gasteiger partial charge in [-0.1, -0.05) is 103 Å². The Morgan fingerprint density at radius 3 is 2.20 bits per heavy atom. The van der Waals surface area contributed by atoms with Crippen LogP contribution in [0.3, 0.4) is 0 Å². The third kappa shape index (κ3) is 10.4. The van der Waals surface area contributed by atoms with Crippen molar-refractivity contribution >= 4 is 17.8 Å². The van der Waals surface area contributed by atoms with Crippen LogP contribution in [-0.4, -0.2) is 60.7 Å². The Hall–Kier alpha value is -4.27. The molecule has 0 spiro atoms. The molecule has 1 heterocycles. The number of esters is 1. The normalized spacial score (nSPS) is 21.0. The number of hydrogen-bond donors (Lipinski definition) is 2. The summed E-state index contributed by atoms with van der Waals surface area (Å²) >= 11 is 0. The lowest BCUT2D eigenvalue weighted by atomic mass is 9.94. The Kier molecular flexibility index (Phi) is 13.4. The van der Waals surface area contributed by atoms with E-state index in [0.717, 1.165) is 16.7 Å². The summed E-state index contributed by atoms with van der Waals surface area (Å²) in [6.45, 7) is 0.424. The zero-order chi connectivity index (χ0) is 31.9. The fraction of sp³-hybridized carbons (Fsp3) is 0.378. The highest BCUT2D eigenvalue weighted by atomic mass is 16.5. The van der Waals surface area contributed by atoms with E-state index in [4.69, 9.17) is 9.47 Å². The fourth-order valence-corrected chi connectivity index (χ4v) is 5.65. The highest BCUT2D eigenvalue weighted by Crippen LogP contribution is 2.27. The fourth-order valence-electron chi connectivity index (χ4n) is 5.65. The lowest BCUT2D eigenvalue weighted by molar-refractivity contribution is -0.158. The summed E-state index contributed by atoms with van der Waals surface area (Å²) in [7, 11) is 1.54. The maximum Gasteiger partial charge on any atom is 0.309 e. The summed E-state index contributed by atoms with van der Waals surface area (Å²) in [5, 5.41) is 12.8. The molecule has 2 N–H and O–H groups in total. The van der Waals surface area contributed by atoms with Gasteiger partial charge in [0, 0.05) is 26.6 Å². The largest absolute Gasteiger partial charge is 0.455 e. The van der Waals surface area contributed by atoms with Crippen LogP contribution in [-0.2, 0) is 36.8 Å². The minimum Gasteiger partial charge on any atom is -0.455 e. The molecule has 0 aromatic heterocycles. The van der Waals surface area contributed by atoms with Crippen LogP contribution in [0.2, 0.25) is 0 Å². The van der Waals surface area contributed by atoms with E-state index in [1.54, 1.807) is 4.90 Å². The van der Waals surface area contributed by atoms with Gasteiger partial charge in [0.05, 0.1) is 31.1 Å². The van der Waals surface area contributed by atoms with E-state index in [1.165, 1.54) is 7.11 Å². The molecule has 4 atom stereocenters. The smallest absolute Gasteiger partial charge is 0.309 e. The van der Waals surface area contributed by atoms with Gasteiger partial charge in [-0.25, -0.2) is 0 Å². The number of nitrogens with zero attached hydrogens (tertiary/aromatic N) is 1. The molecule has 45 heavy (non-hydrogen) atoms. The zero-order valence-electron chi connectivity index (χ0n) is 25.9. The number of amides is 2. The average Bonchev–Trinajstić information content (AvgIpc) is 3.07. The number of carbonyl (C=O) groups is 3. The van der Waals surface area contributed by atoms with Crippen molar-refractivity contribution in [2.75, 3.05) is 26.9 Å². The molecule has 3 aromatic carbocycles. The number of carbonyl (C=O) groups excluding carboxylic acids is 3. The summed E-state index contributed by atoms with van der Waals surface area (Å²) < 4.78 is 11.8. The molecule has 1 aliphatic heterocycles. The summed E-state index contributed by atoms with van der Waals surface area (Å²) in [4.78, 5) is 42.8. The summed E-state index contributed by atoms with van der Waals surface area (Å²) in [6, 6.07) is 28.1. The van der Waals surface area contributed by atoms with Crippen molar-refractivity contribution in [3.8, 4) is 0 Å². The predicted molar refractivity (Wildman–Crippen MR) is 173 cm³/mol. The number of methoxy groups -OCH3 is 1. The van der Waals surface area contributed by atoms with Crippen molar-refractivity contribution in [2.24, 2.45) is 11.8 Å². The van der Waals surface area contributed by atoms with Gasteiger partial charge in [0.15, 0.2) is 0 Å². The van der Waals surface area contributed by atoms with Crippen molar-refractivity contribution in [2.45, 2.75) is 50.8 Å². The molecule has 0 bridgehead atoms. The van der Waals surface area contributed by atoms with Crippen LogP contribution in [0.5, 0.6) is 0 Å². The van der Waals surface area contributed by atoms with Crippen LogP contribution in [0.1, 0.15) is 48.5 Å². The van der Waals surface area contributed by atoms with Crippen molar-refractivity contribution < 1.29 is 29.0 Å². The van der Waals surface area contributed by atoms with Gasteiger partial charge in [-0.3, -0.25) is 14.4 Å². The van der Waals surface area contributed by atoms with Gasteiger partial charge >= 0.3 is 5.97 Å². The molecule has 4 rings (SSSR count). The van der Waals surface area contributed by atoms with Crippen LogP contribution in [0.4, 0.5) is 0 Å². The topological polar surface area (TPSA) is 105 Å². The zero-order valence-corrected chi connectivity index (χ0v) is 25.9. The molecule has 0 saturated carbocycles. The number of aliphatic hydroxyl groups is 1. The average molecular weight is 613 g/mol. The van der Waals surface area contributed by atoms with Gasteiger partial charge < -0.3 is 24.8 Å². The number of hydrogen-bond acceptors (Lipinski definition) is 6. The Morgan fingerprint density at radius 1 is 0.911 bits per heavy atom. The molecule has 0 radical (unpaired) electrons. The first kappa shape index (κ1) is 33.6. The molecule has 0 fully saturated rings. The molecular weight excluding hydrogens is 568 g/mol. The second-order valence-electron chi connectivity index (χ2n) is 11.4. The van der Waals surface area contributed by atoms with Crippen LogP contribution >= 0.6 is 0 Å². The second kappa shape index (κ2) is 17.9. The number of aliphatic hydroxyl groups excluding tert-OH is 1. The number of ether oxygens (including phenoxy) is 2. The predicted octanol–water partition coefficient (Wildman–Crippen LogP) is 5.03. The first-order valence-electron chi connectivity index (χ1n) is 15.6. The molecule has 8 heteroatoms. The molecule has 1 aliphatic rings. The maximum absolute atomic E-state index is 13.9. The van der Waals surface area contributed by atoms with Crippen molar-refractivity contribution in [3.05, 3.63) is 120 Å². The highest BCUT2D eigenvalue weighted by Gasteiger charge is 2.34. The van der Waals surface area contributed by atoms with Crippen molar-refractivity contribution in [1.29, 1.82) is 0 Å². The molecule has 2 amide bonds. The van der Waals surface area contributed by atoms with Gasteiger partial charge in [-0.2, -0.15) is 0 Å². The van der Waals surface area contributed by atoms with Gasteiger partial charge in [0.1, 0.15) is 6.10 Å². The molecule has 3 aromatic rings. The third-order valence-electron chi connectivity index (χ3n) is 8.07. The standard InChI is InChI=1S/C37H44N2O6/c1-44-27-33-35(30-18-10-4-11-19-30)45-37(43)32(24-28-14-6-2-7-15-28)21-13-5-12-20-31(36(42)38-33)25-34(41)39(22-23-40)26-29-16-8-3-9-17-29/h2-12,14-19,31-33,35,40H,13,20-27H2,1H3,(H,38,42). The van der Waals surface area contributed by atoms with Crippen LogP contribution in [0.25, 0.3) is 0 Å². The van der Waals surface area contributed by atoms with E-state index >= 15 is 0 Å². The van der Waals surface area contributed by atoms with E-state index in [2.05, 4.69) is 5.32 Å². The minimum atomic E-state index is -0.796. The molecule has 4 unspecified atom stereocenters. The Morgan fingerprint density at radius 2 is 1.56 bits per heavy atom. The van der Waals surface area contributed by atoms with E-state index in [-0.39, 0.29) is 49.9 Å². The summed E-state index contributed by atoms with van der Waals surface area (Å²) in [6.07, 6.45) is 5.16. The monoisotopic (exact) mass is 612 g/mol. The molecule has 238 valence electrons. The number of nitrogens with one attached hydrogen (secondary N) is 1. The Labute approximate surface area is 266 Å². The molecule has 8 nitrogen and oxygen atoms in total. The van der Waals surface area contributed by atoms with E-state index in [1.807, 2.05) is 103 Å². The van der Waals surface area contributed by atoms with Gasteiger partial charge in [-0.15, -0.1) is 0 Å². The van der Waals surface area contributed by atoms with E-state index in [9.17, 15) is 19.5 Å². The number of cyclic esters (lactones) is 1. The van der Waals surface area contributed by atoms with Crippen molar-refractivity contribution in [1.82, 2.24) is 10.2 Å². The minimum absolute atomic E-state index is 0.0326. The number of allylic oxidation sites excluding steroid dienone is 2. The number of benzene rings is 3. The van der Waals surface area contributed by atoms with Crippen molar-refractivity contribution in [3.63, 3.8) is 0 Å². The van der Waals surface area contributed by atoms with Gasteiger partial charge in [0.25, 0.3) is 0 Å². The molecule has 0 aliphatic carbocycles. The van der Waals surface area contributed by atoms with E-state index < -0.39 is 18.1 Å². The van der Waals surface area contributed by atoms with Crippen LogP contribution in [0, 0.1) is 11.8 Å². The molecule has 0 saturated heterocycles. The summed E-state index contributed by atoms with van der Waals surface area (Å²) in [5.41, 5.74) is 2.73. The first-order chi connectivity index (χ1) is 22.0. The Bertz CT molecular complexity index is 1370. The third-order valence-corrected chi connectivity index (χ3v) is 8.07. The first-order valence-corrected chi connectivity index (χ1v) is 15.6.